The molecule has 1 aromatic carbocycles. The van der Waals surface area contributed by atoms with Crippen LogP contribution in [-0.2, 0) is 9.53 Å². The van der Waals surface area contributed by atoms with Gasteiger partial charge in [0.05, 0.1) is 32.5 Å². The molecule has 5 nitrogen and oxygen atoms in total. The maximum atomic E-state index is 11.7. The normalized spacial score (nSPS) is 18.4. The number of aliphatic hydroxyl groups excluding tert-OH is 1. The van der Waals surface area contributed by atoms with Crippen LogP contribution in [-0.4, -0.2) is 38.0 Å². The van der Waals surface area contributed by atoms with Gasteiger partial charge in [0.25, 0.3) is 0 Å². The van der Waals surface area contributed by atoms with E-state index in [4.69, 9.17) is 14.2 Å². The summed E-state index contributed by atoms with van der Waals surface area (Å²) in [5.74, 6) is 1.26. The Morgan fingerprint density at radius 3 is 2.59 bits per heavy atom. The zero-order valence-corrected chi connectivity index (χ0v) is 16.2. The summed E-state index contributed by atoms with van der Waals surface area (Å²) in [6.45, 7) is 2.36. The lowest BCUT2D eigenvalue weighted by molar-refractivity contribution is -0.142. The van der Waals surface area contributed by atoms with Crippen LogP contribution < -0.4 is 9.47 Å². The molecule has 0 aromatic heterocycles. The number of hydrogen-bond acceptors (Lipinski definition) is 5. The number of allylic oxidation sites excluding steroid dienone is 3. The van der Waals surface area contributed by atoms with Gasteiger partial charge in [-0.1, -0.05) is 37.3 Å². The van der Waals surface area contributed by atoms with Gasteiger partial charge < -0.3 is 19.3 Å². The molecule has 0 amide bonds. The Labute approximate surface area is 160 Å². The monoisotopic (exact) mass is 372 g/mol. The van der Waals surface area contributed by atoms with Gasteiger partial charge in [-0.25, -0.2) is 4.79 Å². The van der Waals surface area contributed by atoms with Crippen LogP contribution in [0, 0.1) is 5.92 Å². The first kappa shape index (κ1) is 20.8. The highest BCUT2D eigenvalue weighted by molar-refractivity contribution is 5.90. The molecule has 1 heterocycles. The van der Waals surface area contributed by atoms with Gasteiger partial charge in [-0.2, -0.15) is 0 Å². The molecule has 0 saturated heterocycles. The standard InChI is InChI=1S/C22H28O5/c1-16-11-20(22(24)27-15-16)21(23)10-8-6-4-5-7-9-17-12-18(25-2)14-19(13-17)26-3/h4-5,7,9,11-14,16,21,23H,6,8,10,15H2,1-3H3/b5-4+,9-7+/t16-,21?/m1/s1. The second-order valence-corrected chi connectivity index (χ2v) is 6.58. The molecule has 0 bridgehead atoms. The first-order valence-corrected chi connectivity index (χ1v) is 9.16. The van der Waals surface area contributed by atoms with E-state index >= 15 is 0 Å². The molecule has 1 aliphatic heterocycles. The van der Waals surface area contributed by atoms with Crippen molar-refractivity contribution >= 4 is 12.0 Å². The summed E-state index contributed by atoms with van der Waals surface area (Å²) in [6, 6.07) is 5.69. The van der Waals surface area contributed by atoms with Crippen molar-refractivity contribution in [1.82, 2.24) is 0 Å². The summed E-state index contributed by atoms with van der Waals surface area (Å²) >= 11 is 0. The average molecular weight is 372 g/mol. The fourth-order valence-electron chi connectivity index (χ4n) is 2.81. The van der Waals surface area contributed by atoms with Crippen LogP contribution in [0.15, 0.2) is 48.1 Å². The van der Waals surface area contributed by atoms with Crippen LogP contribution in [0.2, 0.25) is 0 Å². The largest absolute Gasteiger partial charge is 0.497 e. The summed E-state index contributed by atoms with van der Waals surface area (Å²) in [4.78, 5) is 11.7. The molecule has 0 aliphatic carbocycles. The number of benzene rings is 1. The smallest absolute Gasteiger partial charge is 0.336 e. The number of aliphatic hydroxyl groups is 1. The molecule has 146 valence electrons. The predicted molar refractivity (Wildman–Crippen MR) is 106 cm³/mol. The number of carbonyl (C=O) groups excluding carboxylic acids is 1. The molecular formula is C22H28O5. The minimum absolute atomic E-state index is 0.160. The number of carbonyl (C=O) groups is 1. The van der Waals surface area contributed by atoms with Crippen molar-refractivity contribution in [2.75, 3.05) is 20.8 Å². The molecule has 1 aromatic rings. The molecule has 2 rings (SSSR count). The summed E-state index contributed by atoms with van der Waals surface area (Å²) in [5, 5.41) is 10.2. The van der Waals surface area contributed by atoms with Crippen LogP contribution >= 0.6 is 0 Å². The third-order valence-electron chi connectivity index (χ3n) is 4.29. The molecule has 27 heavy (non-hydrogen) atoms. The lowest BCUT2D eigenvalue weighted by Crippen LogP contribution is -2.26. The van der Waals surface area contributed by atoms with E-state index in [1.807, 2.05) is 55.5 Å². The first-order valence-electron chi connectivity index (χ1n) is 9.16. The van der Waals surface area contributed by atoms with Gasteiger partial charge in [0.15, 0.2) is 0 Å². The van der Waals surface area contributed by atoms with Crippen molar-refractivity contribution in [2.24, 2.45) is 5.92 Å². The lowest BCUT2D eigenvalue weighted by atomic mass is 9.98. The minimum Gasteiger partial charge on any atom is -0.497 e. The maximum absolute atomic E-state index is 11.7. The van der Waals surface area contributed by atoms with Crippen molar-refractivity contribution in [3.8, 4) is 11.5 Å². The molecule has 1 unspecified atom stereocenters. The van der Waals surface area contributed by atoms with E-state index in [9.17, 15) is 9.90 Å². The van der Waals surface area contributed by atoms with Crippen molar-refractivity contribution < 1.29 is 24.1 Å². The summed E-state index contributed by atoms with van der Waals surface area (Å²) in [5.41, 5.74) is 1.38. The number of cyclic esters (lactones) is 1. The van der Waals surface area contributed by atoms with Crippen LogP contribution in [0.25, 0.3) is 6.08 Å². The number of unbranched alkanes of at least 4 members (excludes halogenated alkanes) is 1. The van der Waals surface area contributed by atoms with Crippen LogP contribution in [0.3, 0.4) is 0 Å². The van der Waals surface area contributed by atoms with Gasteiger partial charge in [-0.05, 0) is 37.0 Å². The second kappa shape index (κ2) is 10.6. The number of methoxy groups -OCH3 is 2. The van der Waals surface area contributed by atoms with E-state index in [1.165, 1.54) is 0 Å². The third kappa shape index (κ3) is 6.61. The quantitative estimate of drug-likeness (QED) is 0.404. The number of ether oxygens (including phenoxy) is 3. The Morgan fingerprint density at radius 1 is 1.22 bits per heavy atom. The molecule has 0 saturated carbocycles. The molecule has 5 heteroatoms. The zero-order chi connectivity index (χ0) is 19.6. The molecule has 2 atom stereocenters. The van der Waals surface area contributed by atoms with Crippen LogP contribution in [0.1, 0.15) is 31.7 Å². The number of hydrogen-bond donors (Lipinski definition) is 1. The van der Waals surface area contributed by atoms with Crippen LogP contribution in [0.5, 0.6) is 11.5 Å². The second-order valence-electron chi connectivity index (χ2n) is 6.58. The topological polar surface area (TPSA) is 65.0 Å². The van der Waals surface area contributed by atoms with E-state index in [-0.39, 0.29) is 5.92 Å². The predicted octanol–water partition coefficient (Wildman–Crippen LogP) is 3.92. The van der Waals surface area contributed by atoms with E-state index in [1.54, 1.807) is 14.2 Å². The highest BCUT2D eigenvalue weighted by atomic mass is 16.5. The van der Waals surface area contributed by atoms with Crippen LogP contribution in [0.4, 0.5) is 0 Å². The summed E-state index contributed by atoms with van der Waals surface area (Å²) in [6.07, 6.45) is 11.1. The van der Waals surface area contributed by atoms with Gasteiger partial charge in [0, 0.05) is 12.0 Å². The van der Waals surface area contributed by atoms with Gasteiger partial charge >= 0.3 is 5.97 Å². The highest BCUT2D eigenvalue weighted by Crippen LogP contribution is 2.23. The minimum atomic E-state index is -0.756. The zero-order valence-electron chi connectivity index (χ0n) is 16.2. The Morgan fingerprint density at radius 2 is 1.93 bits per heavy atom. The number of esters is 1. The van der Waals surface area contributed by atoms with Crippen molar-refractivity contribution in [1.29, 1.82) is 0 Å². The van der Waals surface area contributed by atoms with Gasteiger partial charge in [-0.15, -0.1) is 0 Å². The van der Waals surface area contributed by atoms with E-state index < -0.39 is 12.1 Å². The molecule has 0 radical (unpaired) electrons. The number of rotatable bonds is 9. The first-order chi connectivity index (χ1) is 13.0. The summed E-state index contributed by atoms with van der Waals surface area (Å²) < 4.78 is 15.6. The summed E-state index contributed by atoms with van der Waals surface area (Å²) in [7, 11) is 3.25. The molecule has 1 N–H and O–H groups in total. The Bertz CT molecular complexity index is 695. The van der Waals surface area contributed by atoms with Gasteiger partial charge in [0.2, 0.25) is 0 Å². The highest BCUT2D eigenvalue weighted by Gasteiger charge is 2.24. The Balaban J connectivity index is 1.78. The third-order valence-corrected chi connectivity index (χ3v) is 4.29. The van der Waals surface area contributed by atoms with Crippen molar-refractivity contribution in [3.63, 3.8) is 0 Å². The Kier molecular flexibility index (Phi) is 8.14. The van der Waals surface area contributed by atoms with Gasteiger partial charge in [0.1, 0.15) is 11.5 Å². The average Bonchev–Trinajstić information content (AvgIpc) is 2.68. The Hall–Kier alpha value is -2.53. The maximum Gasteiger partial charge on any atom is 0.336 e. The SMILES string of the molecule is COc1cc(/C=C/C=C/CCCC(O)C2=C[C@@H](C)COC2=O)cc(OC)c1. The molecule has 0 fully saturated rings. The fourth-order valence-corrected chi connectivity index (χ4v) is 2.81. The molecular weight excluding hydrogens is 344 g/mol. The van der Waals surface area contributed by atoms with E-state index in [0.29, 0.717) is 18.6 Å². The van der Waals surface area contributed by atoms with E-state index in [2.05, 4.69) is 0 Å². The van der Waals surface area contributed by atoms with Gasteiger partial charge in [-0.3, -0.25) is 0 Å². The molecule has 0 spiro atoms. The molecule has 1 aliphatic rings. The lowest BCUT2D eigenvalue weighted by Gasteiger charge is -2.21. The van der Waals surface area contributed by atoms with E-state index in [0.717, 1.165) is 29.9 Å². The van der Waals surface area contributed by atoms with Crippen molar-refractivity contribution in [3.05, 3.63) is 53.6 Å². The van der Waals surface area contributed by atoms with Crippen molar-refractivity contribution in [2.45, 2.75) is 32.3 Å². The fraction of sp³-hybridized carbons (Fsp3) is 0.409.